The molecule has 0 atom stereocenters. The van der Waals surface area contributed by atoms with Crippen molar-refractivity contribution >= 4 is 27.3 Å². The number of thioether (sulfide) groups is 1. The SMILES string of the molecule is Nc1cc(F)cc(S(=O)(=O)CCSc2ccccc2)c1. The van der Waals surface area contributed by atoms with Gasteiger partial charge in [0, 0.05) is 16.3 Å². The number of nitrogens with two attached hydrogens (primary N) is 1. The molecule has 0 saturated carbocycles. The van der Waals surface area contributed by atoms with E-state index in [2.05, 4.69) is 0 Å². The fourth-order valence-electron chi connectivity index (χ4n) is 1.67. The molecule has 0 aliphatic carbocycles. The first kappa shape index (κ1) is 14.9. The maximum atomic E-state index is 13.2. The molecule has 0 aliphatic heterocycles. The first-order valence-corrected chi connectivity index (χ1v) is 8.58. The maximum Gasteiger partial charge on any atom is 0.179 e. The van der Waals surface area contributed by atoms with E-state index in [9.17, 15) is 12.8 Å². The van der Waals surface area contributed by atoms with Crippen molar-refractivity contribution in [3.63, 3.8) is 0 Å². The van der Waals surface area contributed by atoms with E-state index in [0.29, 0.717) is 5.75 Å². The van der Waals surface area contributed by atoms with Gasteiger partial charge in [-0.2, -0.15) is 0 Å². The highest BCUT2D eigenvalue weighted by Crippen LogP contribution is 2.21. The van der Waals surface area contributed by atoms with E-state index in [1.165, 1.54) is 17.8 Å². The van der Waals surface area contributed by atoms with Crippen LogP contribution in [0.3, 0.4) is 0 Å². The van der Waals surface area contributed by atoms with E-state index in [1.54, 1.807) is 0 Å². The van der Waals surface area contributed by atoms with Crippen LogP contribution >= 0.6 is 11.8 Å². The van der Waals surface area contributed by atoms with Crippen LogP contribution in [0.15, 0.2) is 58.3 Å². The summed E-state index contributed by atoms with van der Waals surface area (Å²) >= 11 is 1.45. The van der Waals surface area contributed by atoms with Gasteiger partial charge in [0.1, 0.15) is 5.82 Å². The van der Waals surface area contributed by atoms with Gasteiger partial charge < -0.3 is 5.73 Å². The lowest BCUT2D eigenvalue weighted by atomic mass is 10.3. The second-order valence-corrected chi connectivity index (χ2v) is 7.48. The van der Waals surface area contributed by atoms with Crippen LogP contribution in [0.1, 0.15) is 0 Å². The Balaban J connectivity index is 2.04. The Labute approximate surface area is 121 Å². The molecule has 2 aromatic carbocycles. The van der Waals surface area contributed by atoms with Crippen molar-refractivity contribution in [1.29, 1.82) is 0 Å². The van der Waals surface area contributed by atoms with Gasteiger partial charge in [-0.1, -0.05) is 18.2 Å². The minimum Gasteiger partial charge on any atom is -0.399 e. The molecular weight excluding hydrogens is 297 g/mol. The molecular formula is C14H14FNO2S2. The van der Waals surface area contributed by atoms with Gasteiger partial charge in [-0.25, -0.2) is 12.8 Å². The summed E-state index contributed by atoms with van der Waals surface area (Å²) in [5, 5.41) is 0. The molecule has 0 saturated heterocycles. The van der Waals surface area contributed by atoms with Crippen LogP contribution < -0.4 is 5.73 Å². The predicted octanol–water partition coefficient (Wildman–Crippen LogP) is 2.97. The first-order chi connectivity index (χ1) is 9.47. The van der Waals surface area contributed by atoms with Crippen molar-refractivity contribution in [2.45, 2.75) is 9.79 Å². The van der Waals surface area contributed by atoms with Crippen LogP contribution in [0.4, 0.5) is 10.1 Å². The average molecular weight is 311 g/mol. The van der Waals surface area contributed by atoms with Crippen LogP contribution in [0.2, 0.25) is 0 Å². The number of anilines is 1. The van der Waals surface area contributed by atoms with Gasteiger partial charge in [-0.15, -0.1) is 11.8 Å². The summed E-state index contributed by atoms with van der Waals surface area (Å²) in [5.74, 6) is -0.294. The summed E-state index contributed by atoms with van der Waals surface area (Å²) < 4.78 is 37.4. The van der Waals surface area contributed by atoms with Gasteiger partial charge in [0.25, 0.3) is 0 Å². The minimum atomic E-state index is -3.52. The Morgan fingerprint density at radius 2 is 1.80 bits per heavy atom. The third kappa shape index (κ3) is 3.98. The summed E-state index contributed by atoms with van der Waals surface area (Å²) in [6, 6.07) is 12.9. The maximum absolute atomic E-state index is 13.2. The van der Waals surface area contributed by atoms with Crippen molar-refractivity contribution in [3.05, 3.63) is 54.3 Å². The summed E-state index contributed by atoms with van der Waals surface area (Å²) in [6.07, 6.45) is 0. The fraction of sp³-hybridized carbons (Fsp3) is 0.143. The van der Waals surface area contributed by atoms with Gasteiger partial charge in [0.2, 0.25) is 0 Å². The fourth-order valence-corrected chi connectivity index (χ4v) is 4.31. The summed E-state index contributed by atoms with van der Waals surface area (Å²) in [4.78, 5) is 0.935. The molecule has 0 aromatic heterocycles. The monoisotopic (exact) mass is 311 g/mol. The number of halogens is 1. The Kier molecular flexibility index (Phi) is 4.67. The Morgan fingerprint density at radius 3 is 2.45 bits per heavy atom. The summed E-state index contributed by atoms with van der Waals surface area (Å²) in [6.45, 7) is 0. The molecule has 0 spiro atoms. The van der Waals surface area contributed by atoms with Gasteiger partial charge in [-0.05, 0) is 30.3 Å². The van der Waals surface area contributed by atoms with Crippen molar-refractivity contribution < 1.29 is 12.8 Å². The lowest BCUT2D eigenvalue weighted by Crippen LogP contribution is -2.09. The highest BCUT2D eigenvalue weighted by atomic mass is 32.2. The lowest BCUT2D eigenvalue weighted by molar-refractivity contribution is 0.592. The zero-order valence-electron chi connectivity index (χ0n) is 10.6. The molecule has 6 heteroatoms. The molecule has 106 valence electrons. The third-order valence-electron chi connectivity index (χ3n) is 2.62. The third-order valence-corrected chi connectivity index (χ3v) is 5.58. The molecule has 2 N–H and O–H groups in total. The number of nitrogen functional groups attached to an aromatic ring is 1. The zero-order valence-corrected chi connectivity index (χ0v) is 12.3. The second kappa shape index (κ2) is 6.28. The van der Waals surface area contributed by atoms with Crippen molar-refractivity contribution in [1.82, 2.24) is 0 Å². The summed E-state index contributed by atoms with van der Waals surface area (Å²) in [7, 11) is -3.52. The zero-order chi connectivity index (χ0) is 14.6. The molecule has 0 radical (unpaired) electrons. The normalized spacial score (nSPS) is 11.4. The van der Waals surface area contributed by atoms with Crippen LogP contribution in [-0.4, -0.2) is 19.9 Å². The minimum absolute atomic E-state index is 0.0601. The molecule has 3 nitrogen and oxygen atoms in total. The molecule has 2 rings (SSSR count). The molecule has 0 fully saturated rings. The van der Waals surface area contributed by atoms with Crippen molar-refractivity contribution in [2.24, 2.45) is 0 Å². The number of hydrogen-bond acceptors (Lipinski definition) is 4. The molecule has 0 bridgehead atoms. The molecule has 20 heavy (non-hydrogen) atoms. The van der Waals surface area contributed by atoms with Crippen LogP contribution in [0, 0.1) is 5.82 Å². The van der Waals surface area contributed by atoms with E-state index >= 15 is 0 Å². The number of rotatable bonds is 5. The number of sulfone groups is 1. The van der Waals surface area contributed by atoms with E-state index < -0.39 is 15.7 Å². The quantitative estimate of drug-likeness (QED) is 0.681. The second-order valence-electron chi connectivity index (χ2n) is 4.20. The average Bonchev–Trinajstić information content (AvgIpc) is 2.38. The molecule has 0 amide bonds. The van der Waals surface area contributed by atoms with Crippen LogP contribution in [0.25, 0.3) is 0 Å². The first-order valence-electron chi connectivity index (χ1n) is 5.94. The van der Waals surface area contributed by atoms with E-state index in [0.717, 1.165) is 17.0 Å². The molecule has 0 aliphatic rings. The highest BCUT2D eigenvalue weighted by Gasteiger charge is 2.16. The van der Waals surface area contributed by atoms with Crippen LogP contribution in [0.5, 0.6) is 0 Å². The van der Waals surface area contributed by atoms with E-state index in [1.807, 2.05) is 30.3 Å². The van der Waals surface area contributed by atoms with Crippen LogP contribution in [-0.2, 0) is 9.84 Å². The smallest absolute Gasteiger partial charge is 0.179 e. The Bertz CT molecular complexity index is 667. The Morgan fingerprint density at radius 1 is 1.10 bits per heavy atom. The molecule has 2 aromatic rings. The van der Waals surface area contributed by atoms with E-state index in [4.69, 9.17) is 5.73 Å². The molecule has 0 heterocycles. The number of benzene rings is 2. The van der Waals surface area contributed by atoms with Gasteiger partial charge in [0.05, 0.1) is 10.6 Å². The van der Waals surface area contributed by atoms with Gasteiger partial charge >= 0.3 is 0 Å². The van der Waals surface area contributed by atoms with Crippen molar-refractivity contribution in [3.8, 4) is 0 Å². The van der Waals surface area contributed by atoms with Crippen molar-refractivity contribution in [2.75, 3.05) is 17.2 Å². The molecule has 0 unspecified atom stereocenters. The lowest BCUT2D eigenvalue weighted by Gasteiger charge is -2.06. The Hall–Kier alpha value is -1.53. The van der Waals surface area contributed by atoms with E-state index in [-0.39, 0.29) is 16.3 Å². The topological polar surface area (TPSA) is 60.2 Å². The number of hydrogen-bond donors (Lipinski definition) is 1. The van der Waals surface area contributed by atoms with Gasteiger partial charge in [-0.3, -0.25) is 0 Å². The largest absolute Gasteiger partial charge is 0.399 e. The van der Waals surface area contributed by atoms with Gasteiger partial charge in [0.15, 0.2) is 9.84 Å². The predicted molar refractivity (Wildman–Crippen MR) is 80.0 cm³/mol. The standard InChI is InChI=1S/C14H14FNO2S2/c15-11-8-12(16)10-14(9-11)20(17,18)7-6-19-13-4-2-1-3-5-13/h1-5,8-10H,6-7,16H2. The summed E-state index contributed by atoms with van der Waals surface area (Å²) in [5.41, 5.74) is 5.58. The highest BCUT2D eigenvalue weighted by molar-refractivity contribution is 8.00.